The van der Waals surface area contributed by atoms with Crippen LogP contribution in [0.3, 0.4) is 0 Å². The highest BCUT2D eigenvalue weighted by Gasteiger charge is 2.28. The van der Waals surface area contributed by atoms with E-state index in [4.69, 9.17) is 4.74 Å². The van der Waals surface area contributed by atoms with Gasteiger partial charge in [0.2, 0.25) is 5.88 Å². The third-order valence-corrected chi connectivity index (χ3v) is 2.84. The van der Waals surface area contributed by atoms with Crippen LogP contribution in [0.4, 0.5) is 5.69 Å². The molecule has 0 saturated heterocycles. The summed E-state index contributed by atoms with van der Waals surface area (Å²) in [6.07, 6.45) is 1.67. The second-order valence-electron chi connectivity index (χ2n) is 4.14. The Morgan fingerprint density at radius 2 is 2.00 bits per heavy atom. The number of rotatable bonds is 2. The van der Waals surface area contributed by atoms with Crippen LogP contribution in [-0.2, 0) is 11.2 Å². The van der Waals surface area contributed by atoms with Crippen LogP contribution in [0, 0.1) is 0 Å². The summed E-state index contributed by atoms with van der Waals surface area (Å²) >= 11 is 0. The molecule has 4 nitrogen and oxygen atoms in total. The van der Waals surface area contributed by atoms with Crippen LogP contribution < -0.4 is 10.1 Å². The Labute approximate surface area is 105 Å². The van der Waals surface area contributed by atoms with Crippen molar-refractivity contribution in [2.75, 3.05) is 5.32 Å². The number of anilines is 1. The van der Waals surface area contributed by atoms with Gasteiger partial charge in [-0.05, 0) is 17.7 Å². The summed E-state index contributed by atoms with van der Waals surface area (Å²) in [5, 5.41) is 2.80. The SMILES string of the molecule is O=C1Nc2cccnc2O[C@@H]1Cc1ccccc1. The van der Waals surface area contributed by atoms with Crippen molar-refractivity contribution in [1.29, 1.82) is 0 Å². The highest BCUT2D eigenvalue weighted by Crippen LogP contribution is 2.27. The largest absolute Gasteiger partial charge is 0.462 e. The molecule has 1 aromatic heterocycles. The van der Waals surface area contributed by atoms with E-state index >= 15 is 0 Å². The number of hydrogen-bond acceptors (Lipinski definition) is 3. The lowest BCUT2D eigenvalue weighted by molar-refractivity contribution is -0.123. The number of ether oxygens (including phenoxy) is 1. The van der Waals surface area contributed by atoms with Crippen LogP contribution in [0.2, 0.25) is 0 Å². The number of hydrogen-bond donors (Lipinski definition) is 1. The number of amides is 1. The molecule has 1 aromatic carbocycles. The van der Waals surface area contributed by atoms with Crippen molar-refractivity contribution >= 4 is 11.6 Å². The Morgan fingerprint density at radius 3 is 2.83 bits per heavy atom. The summed E-state index contributed by atoms with van der Waals surface area (Å²) in [6.45, 7) is 0. The molecule has 90 valence electrons. The lowest BCUT2D eigenvalue weighted by Gasteiger charge is -2.24. The molecule has 4 heteroatoms. The third kappa shape index (κ3) is 2.05. The van der Waals surface area contributed by atoms with E-state index in [0.717, 1.165) is 5.56 Å². The second kappa shape index (κ2) is 4.49. The molecule has 0 saturated carbocycles. The van der Waals surface area contributed by atoms with Gasteiger partial charge in [0.1, 0.15) is 5.69 Å². The minimum absolute atomic E-state index is 0.126. The van der Waals surface area contributed by atoms with Crippen molar-refractivity contribution in [2.24, 2.45) is 0 Å². The van der Waals surface area contributed by atoms with Crippen LogP contribution in [0.5, 0.6) is 5.88 Å². The maximum Gasteiger partial charge on any atom is 0.266 e. The Balaban J connectivity index is 1.81. The van der Waals surface area contributed by atoms with Gasteiger partial charge in [-0.15, -0.1) is 0 Å². The van der Waals surface area contributed by atoms with Crippen molar-refractivity contribution in [3.8, 4) is 5.88 Å². The van der Waals surface area contributed by atoms with Gasteiger partial charge in [0, 0.05) is 12.6 Å². The fraction of sp³-hybridized carbons (Fsp3) is 0.143. The van der Waals surface area contributed by atoms with Crippen LogP contribution in [-0.4, -0.2) is 17.0 Å². The summed E-state index contributed by atoms with van der Waals surface area (Å²) in [7, 11) is 0. The van der Waals surface area contributed by atoms with Crippen LogP contribution in [0.15, 0.2) is 48.7 Å². The molecule has 0 unspecified atom stereocenters. The lowest BCUT2D eigenvalue weighted by Crippen LogP contribution is -2.38. The van der Waals surface area contributed by atoms with E-state index < -0.39 is 6.10 Å². The molecule has 0 fully saturated rings. The first kappa shape index (κ1) is 10.8. The van der Waals surface area contributed by atoms with Crippen LogP contribution >= 0.6 is 0 Å². The lowest BCUT2D eigenvalue weighted by atomic mass is 10.1. The number of nitrogens with one attached hydrogen (secondary N) is 1. The van der Waals surface area contributed by atoms with Gasteiger partial charge in [-0.3, -0.25) is 4.79 Å². The molecular formula is C14H12N2O2. The minimum Gasteiger partial charge on any atom is -0.462 e. The fourth-order valence-electron chi connectivity index (χ4n) is 1.94. The molecule has 1 amide bonds. The monoisotopic (exact) mass is 240 g/mol. The Bertz CT molecular complexity index is 569. The molecule has 2 aromatic rings. The second-order valence-corrected chi connectivity index (χ2v) is 4.14. The number of nitrogens with zero attached hydrogens (tertiary/aromatic N) is 1. The summed E-state index contributed by atoms with van der Waals surface area (Å²) in [6, 6.07) is 13.3. The molecule has 1 aliphatic rings. The predicted molar refractivity (Wildman–Crippen MR) is 67.4 cm³/mol. The normalized spacial score (nSPS) is 17.6. The Hall–Kier alpha value is -2.36. The number of benzene rings is 1. The van der Waals surface area contributed by atoms with E-state index in [-0.39, 0.29) is 5.91 Å². The van der Waals surface area contributed by atoms with Crippen molar-refractivity contribution in [3.05, 3.63) is 54.2 Å². The highest BCUT2D eigenvalue weighted by molar-refractivity contribution is 5.97. The van der Waals surface area contributed by atoms with Crippen LogP contribution in [0.25, 0.3) is 0 Å². The molecule has 0 radical (unpaired) electrons. The minimum atomic E-state index is -0.519. The molecule has 1 aliphatic heterocycles. The maximum absolute atomic E-state index is 11.9. The molecule has 1 atom stereocenters. The van der Waals surface area contributed by atoms with Crippen molar-refractivity contribution < 1.29 is 9.53 Å². The van der Waals surface area contributed by atoms with Crippen LogP contribution in [0.1, 0.15) is 5.56 Å². The van der Waals surface area contributed by atoms with Gasteiger partial charge < -0.3 is 10.1 Å². The van der Waals surface area contributed by atoms with Crippen molar-refractivity contribution in [2.45, 2.75) is 12.5 Å². The number of aromatic nitrogens is 1. The van der Waals surface area contributed by atoms with Gasteiger partial charge in [-0.1, -0.05) is 30.3 Å². The van der Waals surface area contributed by atoms with Gasteiger partial charge in [-0.25, -0.2) is 4.98 Å². The average molecular weight is 240 g/mol. The maximum atomic E-state index is 11.9. The number of carbonyl (C=O) groups is 1. The topological polar surface area (TPSA) is 51.2 Å². The number of pyridine rings is 1. The van der Waals surface area contributed by atoms with Gasteiger partial charge >= 0.3 is 0 Å². The van der Waals surface area contributed by atoms with E-state index in [1.165, 1.54) is 0 Å². The first-order valence-electron chi connectivity index (χ1n) is 5.79. The summed E-state index contributed by atoms with van der Waals surface area (Å²) in [4.78, 5) is 16.0. The van der Waals surface area contributed by atoms with E-state index in [1.807, 2.05) is 30.3 Å². The molecule has 3 rings (SSSR count). The number of carbonyl (C=O) groups excluding carboxylic acids is 1. The van der Waals surface area contributed by atoms with Crippen molar-refractivity contribution in [1.82, 2.24) is 4.98 Å². The summed E-state index contributed by atoms with van der Waals surface area (Å²) in [5.74, 6) is 0.359. The van der Waals surface area contributed by atoms with Gasteiger partial charge in [0.25, 0.3) is 5.91 Å². The van der Waals surface area contributed by atoms with Gasteiger partial charge in [0.15, 0.2) is 6.10 Å². The molecular weight excluding hydrogens is 228 g/mol. The molecule has 0 aliphatic carbocycles. The quantitative estimate of drug-likeness (QED) is 0.873. The summed E-state index contributed by atoms with van der Waals surface area (Å²) < 4.78 is 5.62. The molecule has 0 spiro atoms. The zero-order chi connectivity index (χ0) is 12.4. The zero-order valence-corrected chi connectivity index (χ0v) is 9.67. The summed E-state index contributed by atoms with van der Waals surface area (Å²) in [5.41, 5.74) is 1.70. The third-order valence-electron chi connectivity index (χ3n) is 2.84. The van der Waals surface area contributed by atoms with E-state index in [1.54, 1.807) is 18.3 Å². The standard InChI is InChI=1S/C14H12N2O2/c17-13-12(9-10-5-2-1-3-6-10)18-14-11(16-13)7-4-8-15-14/h1-8,12H,9H2,(H,16,17)/t12-/m1/s1. The highest BCUT2D eigenvalue weighted by atomic mass is 16.5. The van der Waals surface area contributed by atoms with Crippen molar-refractivity contribution in [3.63, 3.8) is 0 Å². The van der Waals surface area contributed by atoms with E-state index in [9.17, 15) is 4.79 Å². The van der Waals surface area contributed by atoms with E-state index in [0.29, 0.717) is 18.0 Å². The van der Waals surface area contributed by atoms with Gasteiger partial charge in [0.05, 0.1) is 0 Å². The predicted octanol–water partition coefficient (Wildman–Crippen LogP) is 2.02. The fourth-order valence-corrected chi connectivity index (χ4v) is 1.94. The smallest absolute Gasteiger partial charge is 0.266 e. The molecule has 18 heavy (non-hydrogen) atoms. The number of fused-ring (bicyclic) bond motifs is 1. The molecule has 2 heterocycles. The van der Waals surface area contributed by atoms with Gasteiger partial charge in [-0.2, -0.15) is 0 Å². The van der Waals surface area contributed by atoms with E-state index in [2.05, 4.69) is 10.3 Å². The first-order valence-corrected chi connectivity index (χ1v) is 5.79. The zero-order valence-electron chi connectivity index (χ0n) is 9.67. The molecule has 1 N–H and O–H groups in total. The molecule has 0 bridgehead atoms. The Kier molecular flexibility index (Phi) is 2.68. The average Bonchev–Trinajstić information content (AvgIpc) is 2.41. The Morgan fingerprint density at radius 1 is 1.17 bits per heavy atom. The first-order chi connectivity index (χ1) is 8.83.